The van der Waals surface area contributed by atoms with Crippen LogP contribution in [-0.4, -0.2) is 36.3 Å². The SMILES string of the molecule is Cc1ccc(C(=O)N2CCC(C(=O)NCCCc3ccccc3Cl)CC2)cc1. The van der Waals surface area contributed by atoms with Crippen LogP contribution in [0.4, 0.5) is 0 Å². The third kappa shape index (κ3) is 5.35. The lowest BCUT2D eigenvalue weighted by molar-refractivity contribution is -0.126. The molecular weight excluding hydrogens is 372 g/mol. The van der Waals surface area contributed by atoms with Gasteiger partial charge in [0.15, 0.2) is 0 Å². The summed E-state index contributed by atoms with van der Waals surface area (Å²) in [5.74, 6) is 0.141. The van der Waals surface area contributed by atoms with Gasteiger partial charge in [0, 0.05) is 36.1 Å². The molecule has 0 saturated carbocycles. The molecule has 0 aliphatic carbocycles. The van der Waals surface area contributed by atoms with Crippen molar-refractivity contribution in [3.63, 3.8) is 0 Å². The molecule has 148 valence electrons. The van der Waals surface area contributed by atoms with E-state index in [1.165, 1.54) is 0 Å². The van der Waals surface area contributed by atoms with Crippen LogP contribution in [0.5, 0.6) is 0 Å². The maximum absolute atomic E-state index is 12.6. The van der Waals surface area contributed by atoms with Crippen molar-refractivity contribution in [1.82, 2.24) is 10.2 Å². The summed E-state index contributed by atoms with van der Waals surface area (Å²) in [5.41, 5.74) is 2.97. The Morgan fingerprint density at radius 1 is 1.07 bits per heavy atom. The van der Waals surface area contributed by atoms with Crippen LogP contribution in [0.3, 0.4) is 0 Å². The molecule has 0 radical (unpaired) electrons. The van der Waals surface area contributed by atoms with Gasteiger partial charge in [0.1, 0.15) is 0 Å². The molecule has 0 aromatic heterocycles. The number of carbonyl (C=O) groups excluding carboxylic acids is 2. The molecule has 4 nitrogen and oxygen atoms in total. The number of halogens is 1. The lowest BCUT2D eigenvalue weighted by atomic mass is 9.95. The van der Waals surface area contributed by atoms with E-state index in [1.807, 2.05) is 60.4 Å². The molecular formula is C23H27ClN2O2. The smallest absolute Gasteiger partial charge is 0.253 e. The Morgan fingerprint density at radius 3 is 2.43 bits per heavy atom. The highest BCUT2D eigenvalue weighted by Crippen LogP contribution is 2.20. The van der Waals surface area contributed by atoms with E-state index >= 15 is 0 Å². The molecule has 3 rings (SSSR count). The van der Waals surface area contributed by atoms with Crippen molar-refractivity contribution in [1.29, 1.82) is 0 Å². The molecule has 0 spiro atoms. The molecule has 0 bridgehead atoms. The fourth-order valence-electron chi connectivity index (χ4n) is 3.56. The Balaban J connectivity index is 1.39. The van der Waals surface area contributed by atoms with Gasteiger partial charge >= 0.3 is 0 Å². The van der Waals surface area contributed by atoms with E-state index in [9.17, 15) is 9.59 Å². The van der Waals surface area contributed by atoms with Gasteiger partial charge in [-0.15, -0.1) is 0 Å². The second kappa shape index (κ2) is 9.74. The van der Waals surface area contributed by atoms with Crippen molar-refractivity contribution in [3.05, 3.63) is 70.2 Å². The molecule has 1 aliphatic rings. The van der Waals surface area contributed by atoms with Gasteiger partial charge in [0.25, 0.3) is 5.91 Å². The van der Waals surface area contributed by atoms with Crippen LogP contribution < -0.4 is 5.32 Å². The topological polar surface area (TPSA) is 49.4 Å². The fourth-order valence-corrected chi connectivity index (χ4v) is 3.79. The molecule has 2 aromatic rings. The number of hydrogen-bond acceptors (Lipinski definition) is 2. The second-order valence-electron chi connectivity index (χ2n) is 7.42. The van der Waals surface area contributed by atoms with Crippen molar-refractivity contribution in [2.75, 3.05) is 19.6 Å². The standard InChI is InChI=1S/C23H27ClN2O2/c1-17-8-10-20(11-9-17)23(28)26-15-12-19(13-16-26)22(27)25-14-4-6-18-5-2-3-7-21(18)24/h2-3,5,7-11,19H,4,6,12-16H2,1H3,(H,25,27). The number of rotatable bonds is 6. The Hall–Kier alpha value is -2.33. The minimum atomic E-state index is -0.0117. The second-order valence-corrected chi connectivity index (χ2v) is 7.83. The van der Waals surface area contributed by atoms with E-state index in [2.05, 4.69) is 5.32 Å². The summed E-state index contributed by atoms with van der Waals surface area (Å²) in [5, 5.41) is 3.82. The largest absolute Gasteiger partial charge is 0.356 e. The van der Waals surface area contributed by atoms with Gasteiger partial charge in [-0.2, -0.15) is 0 Å². The van der Waals surface area contributed by atoms with E-state index in [4.69, 9.17) is 11.6 Å². The molecule has 0 atom stereocenters. The molecule has 1 aliphatic heterocycles. The molecule has 1 N–H and O–H groups in total. The van der Waals surface area contributed by atoms with Crippen LogP contribution in [0.1, 0.15) is 40.7 Å². The first-order valence-electron chi connectivity index (χ1n) is 9.91. The lowest BCUT2D eigenvalue weighted by Crippen LogP contribution is -2.43. The monoisotopic (exact) mass is 398 g/mol. The van der Waals surface area contributed by atoms with E-state index in [1.54, 1.807) is 0 Å². The van der Waals surface area contributed by atoms with Crippen molar-refractivity contribution in [2.45, 2.75) is 32.6 Å². The molecule has 28 heavy (non-hydrogen) atoms. The van der Waals surface area contributed by atoms with Gasteiger partial charge in [-0.3, -0.25) is 9.59 Å². The maximum Gasteiger partial charge on any atom is 0.253 e. The zero-order valence-electron chi connectivity index (χ0n) is 16.3. The van der Waals surface area contributed by atoms with Crippen LogP contribution in [0.15, 0.2) is 48.5 Å². The Labute approximate surface area is 171 Å². The van der Waals surface area contributed by atoms with Crippen molar-refractivity contribution in [2.24, 2.45) is 5.92 Å². The summed E-state index contributed by atoms with van der Waals surface area (Å²) < 4.78 is 0. The molecule has 2 aromatic carbocycles. The van der Waals surface area contributed by atoms with E-state index in [0.29, 0.717) is 38.0 Å². The number of nitrogens with one attached hydrogen (secondary N) is 1. The number of carbonyl (C=O) groups is 2. The molecule has 0 unspecified atom stereocenters. The fraction of sp³-hybridized carbons (Fsp3) is 0.391. The minimum absolute atomic E-state index is 0.0117. The third-order valence-corrected chi connectivity index (χ3v) is 5.70. The average molecular weight is 399 g/mol. The van der Waals surface area contributed by atoms with Crippen molar-refractivity contribution < 1.29 is 9.59 Å². The highest BCUT2D eigenvalue weighted by atomic mass is 35.5. The number of likely N-dealkylation sites (tertiary alicyclic amines) is 1. The van der Waals surface area contributed by atoms with Crippen LogP contribution in [0.25, 0.3) is 0 Å². The zero-order valence-corrected chi connectivity index (χ0v) is 17.0. The quantitative estimate of drug-likeness (QED) is 0.739. The van der Waals surface area contributed by atoms with Gasteiger partial charge < -0.3 is 10.2 Å². The predicted molar refractivity (Wildman–Crippen MR) is 113 cm³/mol. The number of piperidine rings is 1. The minimum Gasteiger partial charge on any atom is -0.356 e. The first-order chi connectivity index (χ1) is 13.5. The van der Waals surface area contributed by atoms with Gasteiger partial charge in [-0.1, -0.05) is 47.5 Å². The highest BCUT2D eigenvalue weighted by Gasteiger charge is 2.27. The van der Waals surface area contributed by atoms with Crippen LogP contribution in [-0.2, 0) is 11.2 Å². The number of aryl methyl sites for hydroxylation is 2. The zero-order chi connectivity index (χ0) is 19.9. The predicted octanol–water partition coefficient (Wildman–Crippen LogP) is 4.25. The number of nitrogens with zero attached hydrogens (tertiary/aromatic N) is 1. The molecule has 1 fully saturated rings. The maximum atomic E-state index is 12.6. The van der Waals surface area contributed by atoms with Crippen molar-refractivity contribution in [3.8, 4) is 0 Å². The summed E-state index contributed by atoms with van der Waals surface area (Å²) in [7, 11) is 0. The lowest BCUT2D eigenvalue weighted by Gasteiger charge is -2.31. The number of benzene rings is 2. The normalized spacial score (nSPS) is 14.7. The van der Waals surface area contributed by atoms with Crippen molar-refractivity contribution >= 4 is 23.4 Å². The average Bonchev–Trinajstić information content (AvgIpc) is 2.72. The summed E-state index contributed by atoms with van der Waals surface area (Å²) >= 11 is 6.16. The Bertz CT molecular complexity index is 812. The molecule has 1 heterocycles. The molecule has 1 saturated heterocycles. The van der Waals surface area contributed by atoms with E-state index in [0.717, 1.165) is 29.0 Å². The first-order valence-corrected chi connectivity index (χ1v) is 10.3. The Morgan fingerprint density at radius 2 is 1.75 bits per heavy atom. The summed E-state index contributed by atoms with van der Waals surface area (Å²) in [6.45, 7) is 3.91. The van der Waals surface area contributed by atoms with Gasteiger partial charge in [-0.05, 0) is 56.4 Å². The summed E-state index contributed by atoms with van der Waals surface area (Å²) in [6, 6.07) is 15.5. The summed E-state index contributed by atoms with van der Waals surface area (Å²) in [4.78, 5) is 26.8. The number of hydrogen-bond donors (Lipinski definition) is 1. The highest BCUT2D eigenvalue weighted by molar-refractivity contribution is 6.31. The number of amides is 2. The van der Waals surface area contributed by atoms with Gasteiger partial charge in [0.05, 0.1) is 0 Å². The third-order valence-electron chi connectivity index (χ3n) is 5.33. The first kappa shape index (κ1) is 20.4. The molecule has 5 heteroatoms. The van der Waals surface area contributed by atoms with Gasteiger partial charge in [0.2, 0.25) is 5.91 Å². The van der Waals surface area contributed by atoms with Crippen LogP contribution >= 0.6 is 11.6 Å². The van der Waals surface area contributed by atoms with E-state index < -0.39 is 0 Å². The van der Waals surface area contributed by atoms with Crippen LogP contribution in [0.2, 0.25) is 5.02 Å². The van der Waals surface area contributed by atoms with E-state index in [-0.39, 0.29) is 17.7 Å². The molecule has 2 amide bonds. The van der Waals surface area contributed by atoms with Crippen LogP contribution in [0, 0.1) is 12.8 Å². The van der Waals surface area contributed by atoms with Gasteiger partial charge in [-0.25, -0.2) is 0 Å². The Kier molecular flexibility index (Phi) is 7.10. The summed E-state index contributed by atoms with van der Waals surface area (Å²) in [6.07, 6.45) is 3.14.